The van der Waals surface area contributed by atoms with Crippen molar-refractivity contribution in [1.82, 2.24) is 0 Å². The summed E-state index contributed by atoms with van der Waals surface area (Å²) in [4.78, 5) is 10.2. The van der Waals surface area contributed by atoms with Crippen molar-refractivity contribution in [3.05, 3.63) is 0 Å². The molecule has 21 heteroatoms. The van der Waals surface area contributed by atoms with Gasteiger partial charge in [-0.3, -0.25) is 9.05 Å². The maximum atomic E-state index is 12.6. The lowest BCUT2D eigenvalue weighted by atomic mass is 10.1. The smallest absolute Gasteiger partial charge is 0.394 e. The van der Waals surface area contributed by atoms with Gasteiger partial charge in [-0.2, -0.15) is 0 Å². The molecule has 41 heavy (non-hydrogen) atoms. The summed E-state index contributed by atoms with van der Waals surface area (Å²) >= 11 is 0. The number of hydrogen-bond acceptors (Lipinski definition) is 19. The standard InChI is InChI=1S/C20H35O20P/c21-1-5-9(24)12(27)17(34-5)38-19-14(29)11(26)8(37-19)4-33-41(31,32)40-16-7(3-23)36-20(15(16)30)39-18-13(28)10(25)6(2-22)35-18/h5-30H,1-4H2,(H,31,32)/t5-,6-,7-,8-,9-,10-,11-,12-,13-,14-,15-,16-,17+,18?,19?,20+/m1/s1. The van der Waals surface area contributed by atoms with Gasteiger partial charge in [0.05, 0.1) is 26.4 Å². The Hall–Kier alpha value is -0.530. The molecule has 0 amide bonds. The summed E-state index contributed by atoms with van der Waals surface area (Å²) in [6.45, 7) is -3.02. The number of aliphatic hydroxyl groups excluding tert-OH is 10. The highest BCUT2D eigenvalue weighted by molar-refractivity contribution is 7.47. The molecule has 0 aliphatic carbocycles. The fourth-order valence-corrected chi connectivity index (χ4v) is 5.60. The third kappa shape index (κ3) is 7.08. The molecule has 4 saturated heterocycles. The number of aliphatic hydroxyl groups is 10. The summed E-state index contributed by atoms with van der Waals surface area (Å²) in [5.74, 6) is 0. The van der Waals surface area contributed by atoms with Gasteiger partial charge in [-0.05, 0) is 0 Å². The summed E-state index contributed by atoms with van der Waals surface area (Å²) in [7, 11) is -5.11. The number of hydrogen-bond donors (Lipinski definition) is 11. The molecule has 240 valence electrons. The van der Waals surface area contributed by atoms with Crippen molar-refractivity contribution in [2.75, 3.05) is 26.4 Å². The molecule has 0 aromatic rings. The van der Waals surface area contributed by atoms with Crippen molar-refractivity contribution in [1.29, 1.82) is 0 Å². The SMILES string of the molecule is O=P(O)(OC[C@H]1OC(O[C@@H]2O[C@H](CO)[C@@H](O)[C@H]2O)[C@H](O)[C@@H]1O)O[C@H]1[C@@H](O)[C@H](OC2O[C@H](CO)[C@@H](O)[C@H]2O)O[C@@H]1CO. The van der Waals surface area contributed by atoms with E-state index in [1.54, 1.807) is 0 Å². The zero-order valence-electron chi connectivity index (χ0n) is 21.1. The van der Waals surface area contributed by atoms with Gasteiger partial charge in [-0.1, -0.05) is 0 Å². The quantitative estimate of drug-likeness (QED) is 0.0896. The van der Waals surface area contributed by atoms with E-state index in [0.29, 0.717) is 0 Å². The van der Waals surface area contributed by atoms with Crippen LogP contribution in [0.5, 0.6) is 0 Å². The van der Waals surface area contributed by atoms with Gasteiger partial charge in [0.15, 0.2) is 25.2 Å². The second-order valence-electron chi connectivity index (χ2n) is 9.76. The zero-order chi connectivity index (χ0) is 30.2. The van der Waals surface area contributed by atoms with Crippen LogP contribution in [0.3, 0.4) is 0 Å². The second-order valence-corrected chi connectivity index (χ2v) is 11.2. The van der Waals surface area contributed by atoms with Crippen LogP contribution in [-0.4, -0.2) is 181 Å². The van der Waals surface area contributed by atoms with Crippen LogP contribution in [0.25, 0.3) is 0 Å². The first-order chi connectivity index (χ1) is 19.3. The van der Waals surface area contributed by atoms with Crippen molar-refractivity contribution < 1.29 is 98.0 Å². The molecule has 0 saturated carbocycles. The van der Waals surface area contributed by atoms with Crippen molar-refractivity contribution in [2.24, 2.45) is 0 Å². The third-order valence-corrected chi connectivity index (χ3v) is 7.96. The summed E-state index contributed by atoms with van der Waals surface area (Å²) in [5.41, 5.74) is 0. The lowest BCUT2D eigenvalue weighted by molar-refractivity contribution is -0.269. The van der Waals surface area contributed by atoms with E-state index in [4.69, 9.17) is 42.6 Å². The molecule has 0 aromatic carbocycles. The van der Waals surface area contributed by atoms with Gasteiger partial charge >= 0.3 is 7.82 Å². The average molecular weight is 626 g/mol. The van der Waals surface area contributed by atoms with Crippen LogP contribution in [0.2, 0.25) is 0 Å². The Labute approximate surface area is 231 Å². The lowest BCUT2D eigenvalue weighted by Crippen LogP contribution is -2.40. The molecular formula is C20H35O20P. The fourth-order valence-electron chi connectivity index (χ4n) is 4.63. The Morgan fingerprint density at radius 1 is 0.537 bits per heavy atom. The second kappa shape index (κ2) is 13.6. The van der Waals surface area contributed by atoms with E-state index in [-0.39, 0.29) is 0 Å². The molecule has 3 unspecified atom stereocenters. The van der Waals surface area contributed by atoms with Crippen LogP contribution in [0.15, 0.2) is 0 Å². The van der Waals surface area contributed by atoms with Crippen LogP contribution in [0.4, 0.5) is 0 Å². The van der Waals surface area contributed by atoms with Gasteiger partial charge < -0.3 is 84.4 Å². The van der Waals surface area contributed by atoms with Crippen molar-refractivity contribution >= 4 is 7.82 Å². The molecule has 11 N–H and O–H groups in total. The number of ether oxygens (including phenoxy) is 6. The van der Waals surface area contributed by atoms with E-state index in [9.17, 15) is 55.4 Å². The molecule has 4 aliphatic heterocycles. The fraction of sp³-hybridized carbons (Fsp3) is 1.00. The largest absolute Gasteiger partial charge is 0.472 e. The molecule has 0 bridgehead atoms. The Balaban J connectivity index is 1.30. The molecule has 4 aliphatic rings. The van der Waals surface area contributed by atoms with Crippen LogP contribution in [-0.2, 0) is 42.0 Å². The summed E-state index contributed by atoms with van der Waals surface area (Å²) in [5, 5.41) is 98.6. The molecule has 4 heterocycles. The minimum atomic E-state index is -5.11. The highest BCUT2D eigenvalue weighted by Gasteiger charge is 2.53. The van der Waals surface area contributed by atoms with Crippen LogP contribution >= 0.6 is 7.82 Å². The Morgan fingerprint density at radius 3 is 1.32 bits per heavy atom. The zero-order valence-corrected chi connectivity index (χ0v) is 22.0. The molecule has 0 aromatic heterocycles. The molecule has 20 nitrogen and oxygen atoms in total. The maximum Gasteiger partial charge on any atom is 0.472 e. The molecular weight excluding hydrogens is 591 g/mol. The van der Waals surface area contributed by atoms with E-state index in [2.05, 4.69) is 0 Å². The highest BCUT2D eigenvalue weighted by atomic mass is 31.2. The predicted octanol–water partition coefficient (Wildman–Crippen LogP) is -7.08. The van der Waals surface area contributed by atoms with Gasteiger partial charge in [0.2, 0.25) is 0 Å². The topological polar surface area (TPSA) is 313 Å². The minimum Gasteiger partial charge on any atom is -0.394 e. The summed E-state index contributed by atoms with van der Waals surface area (Å²) < 4.78 is 53.7. The molecule has 4 rings (SSSR count). The van der Waals surface area contributed by atoms with Gasteiger partial charge in [0.1, 0.15) is 73.2 Å². The van der Waals surface area contributed by atoms with E-state index in [1.165, 1.54) is 0 Å². The first kappa shape index (κ1) is 33.4. The van der Waals surface area contributed by atoms with Gasteiger partial charge in [-0.15, -0.1) is 0 Å². The summed E-state index contributed by atoms with van der Waals surface area (Å²) in [6, 6.07) is 0. The lowest BCUT2D eigenvalue weighted by Gasteiger charge is -2.24. The van der Waals surface area contributed by atoms with Gasteiger partial charge in [-0.25, -0.2) is 4.57 Å². The monoisotopic (exact) mass is 626 g/mol. The number of phosphoric ester groups is 1. The van der Waals surface area contributed by atoms with Crippen molar-refractivity contribution in [3.63, 3.8) is 0 Å². The van der Waals surface area contributed by atoms with E-state index >= 15 is 0 Å². The Kier molecular flexibility index (Phi) is 11.1. The predicted molar refractivity (Wildman–Crippen MR) is 121 cm³/mol. The van der Waals surface area contributed by atoms with Crippen LogP contribution in [0, 0.1) is 0 Å². The van der Waals surface area contributed by atoms with Gasteiger partial charge in [0.25, 0.3) is 0 Å². The minimum absolute atomic E-state index is 0.647. The average Bonchev–Trinajstić information content (AvgIpc) is 3.58. The molecule has 17 atom stereocenters. The normalized spacial score (nSPS) is 50.0. The number of rotatable bonds is 12. The van der Waals surface area contributed by atoms with Crippen LogP contribution in [0.1, 0.15) is 0 Å². The first-order valence-corrected chi connectivity index (χ1v) is 14.0. The number of phosphoric acid groups is 1. The maximum absolute atomic E-state index is 12.6. The van der Waals surface area contributed by atoms with E-state index in [0.717, 1.165) is 0 Å². The van der Waals surface area contributed by atoms with E-state index in [1.807, 2.05) is 0 Å². The van der Waals surface area contributed by atoms with Crippen molar-refractivity contribution in [3.8, 4) is 0 Å². The van der Waals surface area contributed by atoms with Crippen molar-refractivity contribution in [2.45, 2.75) is 98.4 Å². The molecule has 4 fully saturated rings. The Morgan fingerprint density at radius 2 is 0.902 bits per heavy atom. The molecule has 0 radical (unpaired) electrons. The van der Waals surface area contributed by atoms with Crippen LogP contribution < -0.4 is 0 Å². The van der Waals surface area contributed by atoms with E-state index < -0.39 is 133 Å². The Bertz CT molecular complexity index is 899. The first-order valence-electron chi connectivity index (χ1n) is 12.5. The summed E-state index contributed by atoms with van der Waals surface area (Å²) in [6.07, 6.45) is -25.2. The molecule has 0 spiro atoms. The van der Waals surface area contributed by atoms with Gasteiger partial charge in [0, 0.05) is 0 Å². The third-order valence-electron chi connectivity index (χ3n) is 6.98. The highest BCUT2D eigenvalue weighted by Crippen LogP contribution is 2.48.